The minimum atomic E-state index is -2.12. The molecule has 3 aromatic carbocycles. The second kappa shape index (κ2) is 12.5. The Labute approximate surface area is 228 Å². The summed E-state index contributed by atoms with van der Waals surface area (Å²) in [6, 6.07) is 31.8. The minimum absolute atomic E-state index is 0.104. The van der Waals surface area contributed by atoms with Crippen molar-refractivity contribution < 1.29 is 28.4 Å². The van der Waals surface area contributed by atoms with E-state index in [0.717, 1.165) is 16.7 Å². The molecule has 39 heavy (non-hydrogen) atoms. The van der Waals surface area contributed by atoms with E-state index in [-0.39, 0.29) is 24.7 Å². The number of nitrogens with zero attached hydrogens (tertiary/aromatic N) is 1. The number of hydrogen-bond acceptors (Lipinski definition) is 6. The number of benzene rings is 3. The number of hydrogen-bond donors (Lipinski definition) is 1. The highest BCUT2D eigenvalue weighted by atomic mass is 19.1. The standard InChI is InChI=1S/C32H32FNO5/c1-2-27-29(37-21-24-14-8-4-9-15-24)30(38-22-25-16-10-5-11-17-25)32(35,39-27)26-18-19-28(34-31(26)33)36-20-23-12-6-3-7-13-23/h3-19,27,29-30,35H,2,20-22H2,1H3/t27-,29?,30+,32?/m1/s1. The van der Waals surface area contributed by atoms with Crippen LogP contribution in [0.2, 0.25) is 0 Å². The van der Waals surface area contributed by atoms with E-state index in [1.807, 2.05) is 97.9 Å². The molecule has 0 radical (unpaired) electrons. The van der Waals surface area contributed by atoms with Crippen LogP contribution in [0.3, 0.4) is 0 Å². The Morgan fingerprint density at radius 1 is 0.769 bits per heavy atom. The van der Waals surface area contributed by atoms with E-state index in [1.54, 1.807) is 0 Å². The first-order valence-corrected chi connectivity index (χ1v) is 13.1. The average molecular weight is 530 g/mol. The minimum Gasteiger partial charge on any atom is -0.473 e. The molecular weight excluding hydrogens is 497 g/mol. The Morgan fingerprint density at radius 3 is 1.85 bits per heavy atom. The van der Waals surface area contributed by atoms with Crippen molar-refractivity contribution in [2.45, 2.75) is 57.3 Å². The van der Waals surface area contributed by atoms with Gasteiger partial charge in [0, 0.05) is 6.07 Å². The van der Waals surface area contributed by atoms with Crippen LogP contribution in [-0.4, -0.2) is 28.4 Å². The monoisotopic (exact) mass is 529 g/mol. The summed E-state index contributed by atoms with van der Waals surface area (Å²) in [4.78, 5) is 3.97. The van der Waals surface area contributed by atoms with Gasteiger partial charge < -0.3 is 24.1 Å². The van der Waals surface area contributed by atoms with Crippen molar-refractivity contribution >= 4 is 0 Å². The van der Waals surface area contributed by atoms with Gasteiger partial charge in [-0.3, -0.25) is 0 Å². The molecule has 1 N–H and O–H groups in total. The summed E-state index contributed by atoms with van der Waals surface area (Å²) in [5.41, 5.74) is 2.68. The molecule has 0 saturated carbocycles. The predicted octanol–water partition coefficient (Wildman–Crippen LogP) is 5.92. The maximum Gasteiger partial charge on any atom is 0.227 e. The summed E-state index contributed by atoms with van der Waals surface area (Å²) in [5, 5.41) is 11.9. The molecule has 0 aliphatic carbocycles. The molecule has 7 heteroatoms. The first-order chi connectivity index (χ1) is 19.1. The average Bonchev–Trinajstić information content (AvgIpc) is 3.26. The molecule has 1 aliphatic rings. The Bertz CT molecular complexity index is 1320. The van der Waals surface area contributed by atoms with Gasteiger partial charge in [0.1, 0.15) is 18.8 Å². The van der Waals surface area contributed by atoms with Crippen LogP contribution in [0.1, 0.15) is 35.6 Å². The van der Waals surface area contributed by atoms with Gasteiger partial charge in [0.15, 0.2) is 0 Å². The highest BCUT2D eigenvalue weighted by Gasteiger charge is 2.57. The largest absolute Gasteiger partial charge is 0.473 e. The van der Waals surface area contributed by atoms with Crippen molar-refractivity contribution in [2.24, 2.45) is 0 Å². The lowest BCUT2D eigenvalue weighted by Gasteiger charge is -2.31. The summed E-state index contributed by atoms with van der Waals surface area (Å²) >= 11 is 0. The molecule has 0 bridgehead atoms. The van der Waals surface area contributed by atoms with Gasteiger partial charge in [-0.25, -0.2) is 0 Å². The SMILES string of the molecule is CC[C@H]1OC(O)(c2ccc(OCc3ccccc3)nc2F)[C@@H](OCc2ccccc2)C1OCc1ccccc1. The maximum atomic E-state index is 15.5. The van der Waals surface area contributed by atoms with E-state index >= 15 is 4.39 Å². The van der Waals surface area contributed by atoms with Gasteiger partial charge >= 0.3 is 0 Å². The summed E-state index contributed by atoms with van der Waals surface area (Å²) < 4.78 is 39.8. The highest BCUT2D eigenvalue weighted by Crippen LogP contribution is 2.43. The third kappa shape index (κ3) is 6.34. The second-order valence-electron chi connectivity index (χ2n) is 9.50. The molecule has 2 heterocycles. The number of halogens is 1. The van der Waals surface area contributed by atoms with Crippen LogP contribution in [0.5, 0.6) is 5.88 Å². The fourth-order valence-corrected chi connectivity index (χ4v) is 4.74. The second-order valence-corrected chi connectivity index (χ2v) is 9.50. The Kier molecular flexibility index (Phi) is 8.64. The Balaban J connectivity index is 1.40. The van der Waals surface area contributed by atoms with E-state index in [1.165, 1.54) is 12.1 Å². The van der Waals surface area contributed by atoms with E-state index in [9.17, 15) is 5.11 Å². The van der Waals surface area contributed by atoms with Gasteiger partial charge in [0.25, 0.3) is 0 Å². The normalized spacial score (nSPS) is 22.6. The van der Waals surface area contributed by atoms with Crippen LogP contribution >= 0.6 is 0 Å². The molecule has 2 unspecified atom stereocenters. The summed E-state index contributed by atoms with van der Waals surface area (Å²) in [6.07, 6.45) is -1.68. The van der Waals surface area contributed by atoms with Crippen molar-refractivity contribution in [1.29, 1.82) is 0 Å². The Hall–Kier alpha value is -3.62. The molecule has 0 spiro atoms. The molecule has 6 nitrogen and oxygen atoms in total. The zero-order valence-electron chi connectivity index (χ0n) is 21.8. The van der Waals surface area contributed by atoms with Crippen molar-refractivity contribution in [3.05, 3.63) is 131 Å². The van der Waals surface area contributed by atoms with Crippen LogP contribution in [0, 0.1) is 5.95 Å². The lowest BCUT2D eigenvalue weighted by atomic mass is 9.97. The molecule has 202 valence electrons. The molecule has 0 amide bonds. The maximum absolute atomic E-state index is 15.5. The quantitative estimate of drug-likeness (QED) is 0.243. The van der Waals surface area contributed by atoms with Crippen molar-refractivity contribution in [1.82, 2.24) is 4.98 Å². The van der Waals surface area contributed by atoms with Gasteiger partial charge in [-0.15, -0.1) is 0 Å². The van der Waals surface area contributed by atoms with E-state index < -0.39 is 30.0 Å². The highest BCUT2D eigenvalue weighted by molar-refractivity contribution is 5.27. The molecule has 1 aliphatic heterocycles. The molecular formula is C32H32FNO5. The van der Waals surface area contributed by atoms with Gasteiger partial charge in [0.05, 0.1) is 24.9 Å². The first-order valence-electron chi connectivity index (χ1n) is 13.1. The van der Waals surface area contributed by atoms with Gasteiger partial charge in [-0.2, -0.15) is 9.37 Å². The zero-order chi connectivity index (χ0) is 27.1. The molecule has 4 aromatic rings. The smallest absolute Gasteiger partial charge is 0.227 e. The van der Waals surface area contributed by atoms with E-state index in [2.05, 4.69) is 4.98 Å². The molecule has 1 fully saturated rings. The zero-order valence-corrected chi connectivity index (χ0v) is 21.8. The summed E-state index contributed by atoms with van der Waals surface area (Å²) in [5.74, 6) is -2.91. The number of ether oxygens (including phenoxy) is 4. The molecule has 5 rings (SSSR count). The number of pyridine rings is 1. The van der Waals surface area contributed by atoms with Crippen LogP contribution in [0.15, 0.2) is 103 Å². The van der Waals surface area contributed by atoms with Gasteiger partial charge in [0.2, 0.25) is 17.6 Å². The number of aliphatic hydroxyl groups is 1. The van der Waals surface area contributed by atoms with Crippen molar-refractivity contribution in [2.75, 3.05) is 0 Å². The van der Waals surface area contributed by atoms with Crippen LogP contribution < -0.4 is 4.74 Å². The molecule has 1 aromatic heterocycles. The third-order valence-electron chi connectivity index (χ3n) is 6.78. The lowest BCUT2D eigenvalue weighted by molar-refractivity contribution is -0.251. The van der Waals surface area contributed by atoms with Crippen LogP contribution in [0.25, 0.3) is 0 Å². The van der Waals surface area contributed by atoms with Gasteiger partial charge in [-0.05, 0) is 29.2 Å². The number of aromatic nitrogens is 1. The van der Waals surface area contributed by atoms with E-state index in [0.29, 0.717) is 13.0 Å². The topological polar surface area (TPSA) is 70.0 Å². The van der Waals surface area contributed by atoms with E-state index in [4.69, 9.17) is 18.9 Å². The van der Waals surface area contributed by atoms with Crippen molar-refractivity contribution in [3.63, 3.8) is 0 Å². The summed E-state index contributed by atoms with van der Waals surface area (Å²) in [7, 11) is 0. The van der Waals surface area contributed by atoms with Gasteiger partial charge in [-0.1, -0.05) is 97.9 Å². The van der Waals surface area contributed by atoms with Crippen molar-refractivity contribution in [3.8, 4) is 5.88 Å². The lowest BCUT2D eigenvalue weighted by Crippen LogP contribution is -2.44. The number of rotatable bonds is 11. The van der Waals surface area contributed by atoms with Crippen LogP contribution in [0.4, 0.5) is 4.39 Å². The molecule has 4 atom stereocenters. The fourth-order valence-electron chi connectivity index (χ4n) is 4.74. The predicted molar refractivity (Wildman–Crippen MR) is 144 cm³/mol. The summed E-state index contributed by atoms with van der Waals surface area (Å²) in [6.45, 7) is 2.65. The fraction of sp³-hybridized carbons (Fsp3) is 0.281. The Morgan fingerprint density at radius 2 is 1.31 bits per heavy atom. The first kappa shape index (κ1) is 27.0. The molecule has 1 saturated heterocycles. The third-order valence-corrected chi connectivity index (χ3v) is 6.78. The van der Waals surface area contributed by atoms with Crippen LogP contribution in [-0.2, 0) is 39.8 Å².